The molecule has 0 saturated heterocycles. The van der Waals surface area contributed by atoms with Crippen LogP contribution < -0.4 is 10.1 Å². The summed E-state index contributed by atoms with van der Waals surface area (Å²) in [6.07, 6.45) is 3.38. The summed E-state index contributed by atoms with van der Waals surface area (Å²) in [5.74, 6) is 1.27. The van der Waals surface area contributed by atoms with Gasteiger partial charge in [-0.3, -0.25) is 0 Å². The number of nitrogens with zero attached hydrogens (tertiary/aromatic N) is 3. The van der Waals surface area contributed by atoms with Gasteiger partial charge in [0.05, 0.1) is 17.7 Å². The van der Waals surface area contributed by atoms with Crippen molar-refractivity contribution in [2.24, 2.45) is 0 Å². The third-order valence-corrected chi connectivity index (χ3v) is 2.55. The summed E-state index contributed by atoms with van der Waals surface area (Å²) in [7, 11) is 0. The van der Waals surface area contributed by atoms with Crippen molar-refractivity contribution in [2.45, 2.75) is 26.5 Å². The Bertz CT molecular complexity index is 619. The van der Waals surface area contributed by atoms with Gasteiger partial charge in [0.1, 0.15) is 5.82 Å². The molecule has 1 N–H and O–H groups in total. The Morgan fingerprint density at radius 3 is 2.90 bits per heavy atom. The van der Waals surface area contributed by atoms with Crippen molar-refractivity contribution in [1.29, 1.82) is 5.26 Å². The van der Waals surface area contributed by atoms with E-state index in [4.69, 9.17) is 10.00 Å². The molecule has 0 radical (unpaired) electrons. The summed E-state index contributed by atoms with van der Waals surface area (Å²) in [5.41, 5.74) is 1.53. The number of hydrogen-bond donors (Lipinski definition) is 1. The Labute approximate surface area is 118 Å². The molecule has 5 nitrogen and oxygen atoms in total. The van der Waals surface area contributed by atoms with Gasteiger partial charge in [0.15, 0.2) is 0 Å². The SMILES string of the molecule is CC(C)Oc1ncccc1CNc1cc(C#N)ccn1. The van der Waals surface area contributed by atoms with Gasteiger partial charge in [-0.25, -0.2) is 9.97 Å². The lowest BCUT2D eigenvalue weighted by molar-refractivity contribution is 0.230. The third kappa shape index (κ3) is 3.69. The highest BCUT2D eigenvalue weighted by atomic mass is 16.5. The van der Waals surface area contributed by atoms with Crippen LogP contribution in [0.5, 0.6) is 5.88 Å². The number of rotatable bonds is 5. The summed E-state index contributed by atoms with van der Waals surface area (Å²) in [4.78, 5) is 8.40. The molecule has 0 fully saturated rings. The molecule has 0 aliphatic heterocycles. The number of ether oxygens (including phenoxy) is 1. The van der Waals surface area contributed by atoms with Crippen molar-refractivity contribution in [3.8, 4) is 11.9 Å². The molecular formula is C15H16N4O. The van der Waals surface area contributed by atoms with Crippen LogP contribution in [0.25, 0.3) is 0 Å². The second-order valence-corrected chi connectivity index (χ2v) is 4.53. The topological polar surface area (TPSA) is 70.8 Å². The van der Waals surface area contributed by atoms with Crippen molar-refractivity contribution in [2.75, 3.05) is 5.32 Å². The molecule has 2 heterocycles. The Morgan fingerprint density at radius 2 is 2.15 bits per heavy atom. The molecular weight excluding hydrogens is 252 g/mol. The first kappa shape index (κ1) is 13.8. The Balaban J connectivity index is 2.09. The number of nitriles is 1. The van der Waals surface area contributed by atoms with Crippen LogP contribution in [0.3, 0.4) is 0 Å². The van der Waals surface area contributed by atoms with Gasteiger partial charge >= 0.3 is 0 Å². The second kappa shape index (κ2) is 6.53. The van der Waals surface area contributed by atoms with Gasteiger partial charge in [-0.05, 0) is 32.0 Å². The number of nitrogens with one attached hydrogen (secondary N) is 1. The summed E-state index contributed by atoms with van der Waals surface area (Å²) >= 11 is 0. The number of pyridine rings is 2. The zero-order chi connectivity index (χ0) is 14.4. The summed E-state index contributed by atoms with van der Waals surface area (Å²) in [5, 5.41) is 12.0. The van der Waals surface area contributed by atoms with Crippen molar-refractivity contribution in [1.82, 2.24) is 9.97 Å². The van der Waals surface area contributed by atoms with E-state index in [1.165, 1.54) is 0 Å². The molecule has 0 atom stereocenters. The van der Waals surface area contributed by atoms with Crippen LogP contribution in [0.4, 0.5) is 5.82 Å². The minimum atomic E-state index is 0.0729. The maximum absolute atomic E-state index is 8.85. The first-order valence-electron chi connectivity index (χ1n) is 6.39. The third-order valence-electron chi connectivity index (χ3n) is 2.55. The van der Waals surface area contributed by atoms with Crippen LogP contribution in [-0.2, 0) is 6.54 Å². The van der Waals surface area contributed by atoms with E-state index >= 15 is 0 Å². The molecule has 102 valence electrons. The van der Waals surface area contributed by atoms with Crippen molar-refractivity contribution >= 4 is 5.82 Å². The van der Waals surface area contributed by atoms with Crippen LogP contribution in [-0.4, -0.2) is 16.1 Å². The van der Waals surface area contributed by atoms with E-state index in [0.717, 1.165) is 5.56 Å². The smallest absolute Gasteiger partial charge is 0.218 e. The first-order chi connectivity index (χ1) is 9.69. The fourth-order valence-electron chi connectivity index (χ4n) is 1.67. The fourth-order valence-corrected chi connectivity index (χ4v) is 1.67. The van der Waals surface area contributed by atoms with Crippen molar-refractivity contribution < 1.29 is 4.74 Å². The average molecular weight is 268 g/mol. The van der Waals surface area contributed by atoms with Crippen LogP contribution in [0.2, 0.25) is 0 Å². The lowest BCUT2D eigenvalue weighted by Crippen LogP contribution is -2.11. The number of aromatic nitrogens is 2. The minimum absolute atomic E-state index is 0.0729. The van der Waals surface area contributed by atoms with Gasteiger partial charge in [0, 0.05) is 24.5 Å². The van der Waals surface area contributed by atoms with E-state index in [2.05, 4.69) is 21.4 Å². The van der Waals surface area contributed by atoms with E-state index in [1.807, 2.05) is 26.0 Å². The van der Waals surface area contributed by atoms with E-state index in [9.17, 15) is 0 Å². The van der Waals surface area contributed by atoms with Crippen molar-refractivity contribution in [3.63, 3.8) is 0 Å². The monoisotopic (exact) mass is 268 g/mol. The summed E-state index contributed by atoms with van der Waals surface area (Å²) in [6.45, 7) is 4.46. The Morgan fingerprint density at radius 1 is 1.30 bits per heavy atom. The minimum Gasteiger partial charge on any atom is -0.475 e. The van der Waals surface area contributed by atoms with E-state index in [-0.39, 0.29) is 6.10 Å². The van der Waals surface area contributed by atoms with Gasteiger partial charge in [0.25, 0.3) is 0 Å². The number of anilines is 1. The normalized spacial score (nSPS) is 10.1. The highest BCUT2D eigenvalue weighted by Crippen LogP contribution is 2.17. The molecule has 0 aliphatic carbocycles. The molecule has 0 aliphatic rings. The molecule has 0 spiro atoms. The molecule has 5 heteroatoms. The van der Waals surface area contributed by atoms with Gasteiger partial charge in [-0.2, -0.15) is 5.26 Å². The first-order valence-corrected chi connectivity index (χ1v) is 6.39. The molecule has 20 heavy (non-hydrogen) atoms. The second-order valence-electron chi connectivity index (χ2n) is 4.53. The Hall–Kier alpha value is -2.61. The average Bonchev–Trinajstić information content (AvgIpc) is 2.46. The molecule has 2 aromatic rings. The fraction of sp³-hybridized carbons (Fsp3) is 0.267. The predicted molar refractivity (Wildman–Crippen MR) is 76.3 cm³/mol. The quantitative estimate of drug-likeness (QED) is 0.902. The highest BCUT2D eigenvalue weighted by molar-refractivity contribution is 5.43. The van der Waals surface area contributed by atoms with Crippen LogP contribution in [0.1, 0.15) is 25.0 Å². The Kier molecular flexibility index (Phi) is 4.51. The van der Waals surface area contributed by atoms with Crippen LogP contribution in [0, 0.1) is 11.3 Å². The lowest BCUT2D eigenvalue weighted by Gasteiger charge is -2.13. The summed E-state index contributed by atoms with van der Waals surface area (Å²) in [6, 6.07) is 9.28. The summed E-state index contributed by atoms with van der Waals surface area (Å²) < 4.78 is 5.65. The van der Waals surface area contributed by atoms with Crippen molar-refractivity contribution in [3.05, 3.63) is 47.8 Å². The molecule has 0 amide bonds. The molecule has 0 saturated carbocycles. The molecule has 2 aromatic heterocycles. The van der Waals surface area contributed by atoms with E-state index < -0.39 is 0 Å². The largest absolute Gasteiger partial charge is 0.475 e. The van der Waals surface area contributed by atoms with E-state index in [0.29, 0.717) is 23.8 Å². The molecule has 0 bridgehead atoms. The zero-order valence-electron chi connectivity index (χ0n) is 11.5. The lowest BCUT2D eigenvalue weighted by atomic mass is 10.2. The standard InChI is InChI=1S/C15H16N4O/c1-11(2)20-15-13(4-3-6-18-15)10-19-14-8-12(9-16)5-7-17-14/h3-8,11H,10H2,1-2H3,(H,17,19). The van der Waals surface area contributed by atoms with Gasteiger partial charge < -0.3 is 10.1 Å². The predicted octanol–water partition coefficient (Wildman–Crippen LogP) is 2.75. The number of hydrogen-bond acceptors (Lipinski definition) is 5. The van der Waals surface area contributed by atoms with Crippen LogP contribution in [0.15, 0.2) is 36.7 Å². The molecule has 2 rings (SSSR count). The van der Waals surface area contributed by atoms with Gasteiger partial charge in [0.2, 0.25) is 5.88 Å². The van der Waals surface area contributed by atoms with E-state index in [1.54, 1.807) is 24.5 Å². The van der Waals surface area contributed by atoms with Gasteiger partial charge in [-0.1, -0.05) is 6.07 Å². The highest BCUT2D eigenvalue weighted by Gasteiger charge is 2.06. The van der Waals surface area contributed by atoms with Gasteiger partial charge in [-0.15, -0.1) is 0 Å². The molecule has 0 unspecified atom stereocenters. The maximum atomic E-state index is 8.85. The van der Waals surface area contributed by atoms with Crippen LogP contribution >= 0.6 is 0 Å². The zero-order valence-corrected chi connectivity index (χ0v) is 11.5. The maximum Gasteiger partial charge on any atom is 0.218 e. The molecule has 0 aromatic carbocycles.